The van der Waals surface area contributed by atoms with Gasteiger partial charge in [-0.2, -0.15) is 0 Å². The molecule has 0 spiro atoms. The molecule has 1 aromatic carbocycles. The monoisotopic (exact) mass is 313 g/mol. The van der Waals surface area contributed by atoms with Crippen molar-refractivity contribution in [1.82, 2.24) is 10.2 Å². The Balaban J connectivity index is 2.50. The molecular formula is C14H20ClN3O3. The maximum absolute atomic E-state index is 12.1. The first-order valence-electron chi connectivity index (χ1n) is 6.52. The van der Waals surface area contributed by atoms with E-state index in [1.54, 1.807) is 26.3 Å². The maximum Gasteiger partial charge on any atom is 0.254 e. The summed E-state index contributed by atoms with van der Waals surface area (Å²) in [7, 11) is 3.16. The average Bonchev–Trinajstić information content (AvgIpc) is 2.45. The molecule has 0 atom stereocenters. The summed E-state index contributed by atoms with van der Waals surface area (Å²) in [6.07, 6.45) is 0.730. The van der Waals surface area contributed by atoms with E-state index in [9.17, 15) is 9.59 Å². The topological polar surface area (TPSA) is 84.7 Å². The van der Waals surface area contributed by atoms with Gasteiger partial charge in [0.05, 0.1) is 17.3 Å². The van der Waals surface area contributed by atoms with Crippen LogP contribution in [0.4, 0.5) is 5.69 Å². The van der Waals surface area contributed by atoms with Gasteiger partial charge in [0.15, 0.2) is 0 Å². The number of nitrogens with two attached hydrogens (primary N) is 1. The smallest absolute Gasteiger partial charge is 0.254 e. The standard InChI is InChI=1S/C14H20ClN3O3/c1-18(9-13(19)17-6-3-7-21-2)14(20)10-4-5-12(16)11(15)8-10/h4-5,8H,3,6-7,9,16H2,1-2H3,(H,17,19). The van der Waals surface area contributed by atoms with E-state index in [4.69, 9.17) is 22.1 Å². The molecule has 0 radical (unpaired) electrons. The highest BCUT2D eigenvalue weighted by Gasteiger charge is 2.15. The Morgan fingerprint density at radius 3 is 2.76 bits per heavy atom. The first-order chi connectivity index (χ1) is 9.95. The van der Waals surface area contributed by atoms with Crippen LogP contribution in [0.15, 0.2) is 18.2 Å². The molecule has 0 aliphatic carbocycles. The number of nitrogen functional groups attached to an aromatic ring is 1. The van der Waals surface area contributed by atoms with Crippen LogP contribution < -0.4 is 11.1 Å². The van der Waals surface area contributed by atoms with E-state index in [0.717, 1.165) is 6.42 Å². The SMILES string of the molecule is COCCCNC(=O)CN(C)C(=O)c1ccc(N)c(Cl)c1. The molecule has 0 saturated carbocycles. The number of carbonyl (C=O) groups is 2. The largest absolute Gasteiger partial charge is 0.398 e. The summed E-state index contributed by atoms with van der Waals surface area (Å²) in [6, 6.07) is 4.64. The fourth-order valence-corrected chi connectivity index (χ4v) is 1.85. The first-order valence-corrected chi connectivity index (χ1v) is 6.89. The number of likely N-dealkylation sites (N-methyl/N-ethyl adjacent to an activating group) is 1. The van der Waals surface area contributed by atoms with Gasteiger partial charge in [0, 0.05) is 32.9 Å². The van der Waals surface area contributed by atoms with Crippen molar-refractivity contribution in [2.24, 2.45) is 0 Å². The van der Waals surface area contributed by atoms with E-state index < -0.39 is 0 Å². The number of methoxy groups -OCH3 is 1. The normalized spacial score (nSPS) is 10.2. The zero-order valence-corrected chi connectivity index (χ0v) is 12.9. The highest BCUT2D eigenvalue weighted by molar-refractivity contribution is 6.33. The number of hydrogen-bond acceptors (Lipinski definition) is 4. The Labute approximate surface area is 129 Å². The summed E-state index contributed by atoms with van der Waals surface area (Å²) in [4.78, 5) is 25.2. The average molecular weight is 314 g/mol. The van der Waals surface area contributed by atoms with E-state index >= 15 is 0 Å². The minimum absolute atomic E-state index is 0.0200. The maximum atomic E-state index is 12.1. The van der Waals surface area contributed by atoms with Crippen LogP contribution in [0.5, 0.6) is 0 Å². The molecule has 0 aliphatic rings. The lowest BCUT2D eigenvalue weighted by Gasteiger charge is -2.17. The van der Waals surface area contributed by atoms with Gasteiger partial charge >= 0.3 is 0 Å². The minimum atomic E-state index is -0.288. The molecule has 0 bridgehead atoms. The zero-order chi connectivity index (χ0) is 15.8. The second-order valence-corrected chi connectivity index (χ2v) is 5.00. The van der Waals surface area contributed by atoms with Crippen molar-refractivity contribution < 1.29 is 14.3 Å². The molecule has 2 amide bonds. The molecule has 0 aromatic heterocycles. The highest BCUT2D eigenvalue weighted by Crippen LogP contribution is 2.20. The van der Waals surface area contributed by atoms with E-state index in [1.807, 2.05) is 0 Å². The van der Waals surface area contributed by atoms with Gasteiger partial charge in [0.2, 0.25) is 5.91 Å². The molecule has 0 aliphatic heterocycles. The summed E-state index contributed by atoms with van der Waals surface area (Å²) in [5.74, 6) is -0.507. The van der Waals surface area contributed by atoms with Crippen molar-refractivity contribution in [1.29, 1.82) is 0 Å². The quantitative estimate of drug-likeness (QED) is 0.584. The van der Waals surface area contributed by atoms with Gasteiger partial charge in [-0.25, -0.2) is 0 Å². The van der Waals surface area contributed by atoms with Gasteiger partial charge in [-0.05, 0) is 24.6 Å². The van der Waals surface area contributed by atoms with Crippen molar-refractivity contribution in [3.63, 3.8) is 0 Å². The fraction of sp³-hybridized carbons (Fsp3) is 0.429. The molecule has 1 rings (SSSR count). The van der Waals surface area contributed by atoms with Gasteiger partial charge in [-0.3, -0.25) is 9.59 Å². The van der Waals surface area contributed by atoms with Crippen molar-refractivity contribution >= 4 is 29.1 Å². The third-order valence-corrected chi connectivity index (χ3v) is 3.15. The molecule has 7 heteroatoms. The van der Waals surface area contributed by atoms with Crippen LogP contribution in [-0.2, 0) is 9.53 Å². The summed E-state index contributed by atoms with van der Waals surface area (Å²) in [6.45, 7) is 1.08. The Hall–Kier alpha value is -1.79. The predicted molar refractivity (Wildman–Crippen MR) is 82.3 cm³/mol. The number of hydrogen-bond donors (Lipinski definition) is 2. The molecule has 1 aromatic rings. The van der Waals surface area contributed by atoms with Crippen LogP contribution in [0.3, 0.4) is 0 Å². The van der Waals surface area contributed by atoms with Gasteiger partial charge in [0.1, 0.15) is 0 Å². The van der Waals surface area contributed by atoms with Crippen LogP contribution in [0, 0.1) is 0 Å². The van der Waals surface area contributed by atoms with Crippen molar-refractivity contribution in [3.05, 3.63) is 28.8 Å². The van der Waals surface area contributed by atoms with Gasteiger partial charge in [-0.15, -0.1) is 0 Å². The summed E-state index contributed by atoms with van der Waals surface area (Å²) in [5.41, 5.74) is 6.40. The van der Waals surface area contributed by atoms with Crippen molar-refractivity contribution in [2.45, 2.75) is 6.42 Å². The second-order valence-electron chi connectivity index (χ2n) is 4.59. The first kappa shape index (κ1) is 17.3. The van der Waals surface area contributed by atoms with E-state index in [-0.39, 0.29) is 18.4 Å². The van der Waals surface area contributed by atoms with Crippen LogP contribution >= 0.6 is 11.6 Å². The Kier molecular flexibility index (Phi) is 6.98. The van der Waals surface area contributed by atoms with Crippen molar-refractivity contribution in [3.8, 4) is 0 Å². The third kappa shape index (κ3) is 5.61. The lowest BCUT2D eigenvalue weighted by atomic mass is 10.2. The third-order valence-electron chi connectivity index (χ3n) is 2.82. The summed E-state index contributed by atoms with van der Waals surface area (Å²) >= 11 is 5.88. The van der Waals surface area contributed by atoms with Crippen molar-refractivity contribution in [2.75, 3.05) is 39.6 Å². The number of benzene rings is 1. The molecular weight excluding hydrogens is 294 g/mol. The Morgan fingerprint density at radius 2 is 2.14 bits per heavy atom. The highest BCUT2D eigenvalue weighted by atomic mass is 35.5. The van der Waals surface area contributed by atoms with Crippen LogP contribution in [-0.4, -0.2) is 50.6 Å². The van der Waals surface area contributed by atoms with Crippen LogP contribution in [0.1, 0.15) is 16.8 Å². The molecule has 0 fully saturated rings. The van der Waals surface area contributed by atoms with Gasteiger partial charge in [-0.1, -0.05) is 11.6 Å². The summed E-state index contributed by atoms with van der Waals surface area (Å²) in [5, 5.41) is 3.03. The van der Waals surface area contributed by atoms with Gasteiger partial charge < -0.3 is 20.7 Å². The number of ether oxygens (including phenoxy) is 1. The number of rotatable bonds is 7. The number of nitrogens with zero attached hydrogens (tertiary/aromatic N) is 1. The Morgan fingerprint density at radius 1 is 1.43 bits per heavy atom. The second kappa shape index (κ2) is 8.49. The summed E-state index contributed by atoms with van der Waals surface area (Å²) < 4.78 is 4.88. The van der Waals surface area contributed by atoms with Gasteiger partial charge in [0.25, 0.3) is 5.91 Å². The number of nitrogens with one attached hydrogen (secondary N) is 1. The Bertz CT molecular complexity index is 508. The molecule has 0 heterocycles. The van der Waals surface area contributed by atoms with E-state index in [0.29, 0.717) is 29.4 Å². The number of anilines is 1. The number of carbonyl (C=O) groups excluding carboxylic acids is 2. The number of amides is 2. The minimum Gasteiger partial charge on any atom is -0.398 e. The molecule has 0 saturated heterocycles. The molecule has 21 heavy (non-hydrogen) atoms. The molecule has 0 unspecified atom stereocenters. The predicted octanol–water partition coefficient (Wildman–Crippen LogP) is 1.15. The van der Waals surface area contributed by atoms with Crippen LogP contribution in [0.25, 0.3) is 0 Å². The lowest BCUT2D eigenvalue weighted by molar-refractivity contribution is -0.121. The van der Waals surface area contributed by atoms with E-state index in [1.165, 1.54) is 11.0 Å². The number of halogens is 1. The molecule has 3 N–H and O–H groups in total. The molecule has 116 valence electrons. The van der Waals surface area contributed by atoms with E-state index in [2.05, 4.69) is 5.32 Å². The lowest BCUT2D eigenvalue weighted by Crippen LogP contribution is -2.38. The molecule has 6 nitrogen and oxygen atoms in total. The zero-order valence-electron chi connectivity index (χ0n) is 12.2. The fourth-order valence-electron chi connectivity index (χ4n) is 1.67. The van der Waals surface area contributed by atoms with Crippen LogP contribution in [0.2, 0.25) is 5.02 Å².